The van der Waals surface area contributed by atoms with E-state index in [9.17, 15) is 23.1 Å². The summed E-state index contributed by atoms with van der Waals surface area (Å²) < 4.78 is 40.3. The highest BCUT2D eigenvalue weighted by Gasteiger charge is 2.60. The van der Waals surface area contributed by atoms with Crippen molar-refractivity contribution < 1.29 is 23.1 Å². The number of alkyl halides is 3. The SMILES string of the molecule is Cc1ccc(-c2nc(-c3cc(C(O)(C(N)=O)C(F)(F)F)ccc3C)cnc2N)cn1. The molecule has 1 aromatic carbocycles. The van der Waals surface area contributed by atoms with Crippen LogP contribution in [0.5, 0.6) is 0 Å². The number of benzene rings is 1. The van der Waals surface area contributed by atoms with Gasteiger partial charge in [-0.15, -0.1) is 0 Å². The number of nitrogens with zero attached hydrogens (tertiary/aromatic N) is 3. The Morgan fingerprint density at radius 3 is 2.33 bits per heavy atom. The molecule has 2 aromatic heterocycles. The van der Waals surface area contributed by atoms with Gasteiger partial charge in [-0.1, -0.05) is 12.1 Å². The number of nitrogen functional groups attached to an aromatic ring is 1. The van der Waals surface area contributed by atoms with E-state index >= 15 is 0 Å². The van der Waals surface area contributed by atoms with E-state index in [0.717, 1.165) is 17.8 Å². The van der Waals surface area contributed by atoms with Gasteiger partial charge in [0.2, 0.25) is 0 Å². The summed E-state index contributed by atoms with van der Waals surface area (Å²) in [5, 5.41) is 10.1. The molecule has 0 spiro atoms. The van der Waals surface area contributed by atoms with Gasteiger partial charge in [-0.25, -0.2) is 9.97 Å². The first kappa shape index (κ1) is 21.2. The summed E-state index contributed by atoms with van der Waals surface area (Å²) in [5.41, 5.74) is 8.86. The summed E-state index contributed by atoms with van der Waals surface area (Å²) in [4.78, 5) is 24.2. The molecular weight excluding hydrogens is 399 g/mol. The molecule has 1 amide bonds. The maximum Gasteiger partial charge on any atom is 0.430 e. The quantitative estimate of drug-likeness (QED) is 0.599. The number of anilines is 1. The van der Waals surface area contributed by atoms with Crippen molar-refractivity contribution in [3.8, 4) is 22.5 Å². The molecule has 3 aromatic rings. The van der Waals surface area contributed by atoms with Crippen LogP contribution in [0.4, 0.5) is 19.0 Å². The number of aliphatic hydroxyl groups is 1. The van der Waals surface area contributed by atoms with E-state index in [1.807, 2.05) is 6.92 Å². The summed E-state index contributed by atoms with van der Waals surface area (Å²) in [5.74, 6) is -1.82. The molecule has 0 aliphatic rings. The minimum Gasteiger partial charge on any atom is -0.382 e. The maximum absolute atomic E-state index is 13.4. The number of rotatable bonds is 4. The van der Waals surface area contributed by atoms with E-state index in [0.29, 0.717) is 16.8 Å². The molecule has 1 atom stereocenters. The van der Waals surface area contributed by atoms with Crippen LogP contribution in [-0.4, -0.2) is 32.1 Å². The molecule has 0 radical (unpaired) electrons. The molecule has 5 N–H and O–H groups in total. The standard InChI is InChI=1S/C20H18F3N5O2/c1-10-3-6-13(19(30,18(25)29)20(21,22)23)7-14(10)15-9-27-17(24)16(28-15)12-5-4-11(2)26-8-12/h3-9,30H,1-2H3,(H2,24,27)(H2,25,29). The molecule has 7 nitrogen and oxygen atoms in total. The number of hydrogen-bond acceptors (Lipinski definition) is 6. The van der Waals surface area contributed by atoms with E-state index in [-0.39, 0.29) is 17.1 Å². The third-order valence-electron chi connectivity index (χ3n) is 4.68. The average molecular weight is 417 g/mol. The Morgan fingerprint density at radius 1 is 1.07 bits per heavy atom. The minimum atomic E-state index is -5.31. The van der Waals surface area contributed by atoms with Crippen LogP contribution in [0.15, 0.2) is 42.7 Å². The molecule has 156 valence electrons. The Balaban J connectivity index is 2.18. The van der Waals surface area contributed by atoms with E-state index in [2.05, 4.69) is 15.0 Å². The van der Waals surface area contributed by atoms with Gasteiger partial charge < -0.3 is 16.6 Å². The lowest BCUT2D eigenvalue weighted by molar-refractivity contribution is -0.255. The zero-order valence-electron chi connectivity index (χ0n) is 16.0. The average Bonchev–Trinajstić information content (AvgIpc) is 2.68. The summed E-state index contributed by atoms with van der Waals surface area (Å²) in [6.07, 6.45) is -2.46. The fourth-order valence-electron chi connectivity index (χ4n) is 2.92. The number of carbonyl (C=O) groups excluding carboxylic acids is 1. The molecule has 0 aliphatic heterocycles. The monoisotopic (exact) mass is 417 g/mol. The number of aryl methyl sites for hydroxylation is 2. The zero-order valence-corrected chi connectivity index (χ0v) is 16.0. The third kappa shape index (κ3) is 3.57. The molecule has 0 bridgehead atoms. The number of amides is 1. The topological polar surface area (TPSA) is 128 Å². The van der Waals surface area contributed by atoms with Crippen molar-refractivity contribution in [2.45, 2.75) is 25.6 Å². The second-order valence-electron chi connectivity index (χ2n) is 6.78. The largest absolute Gasteiger partial charge is 0.430 e. The van der Waals surface area contributed by atoms with E-state index in [4.69, 9.17) is 11.5 Å². The van der Waals surface area contributed by atoms with Crippen molar-refractivity contribution in [2.24, 2.45) is 5.73 Å². The van der Waals surface area contributed by atoms with Crippen molar-refractivity contribution in [3.05, 3.63) is 59.5 Å². The number of primary amides is 1. The predicted molar refractivity (Wildman–Crippen MR) is 104 cm³/mol. The van der Waals surface area contributed by atoms with E-state index in [1.165, 1.54) is 12.3 Å². The molecule has 0 saturated carbocycles. The summed E-state index contributed by atoms with van der Waals surface area (Å²) in [6, 6.07) is 6.84. The number of nitrogens with two attached hydrogens (primary N) is 2. The van der Waals surface area contributed by atoms with Crippen molar-refractivity contribution >= 4 is 11.7 Å². The van der Waals surface area contributed by atoms with Gasteiger partial charge in [-0.2, -0.15) is 13.2 Å². The first-order chi connectivity index (χ1) is 13.9. The summed E-state index contributed by atoms with van der Waals surface area (Å²) >= 11 is 0. The lowest BCUT2D eigenvalue weighted by Gasteiger charge is -2.28. The van der Waals surface area contributed by atoms with Gasteiger partial charge in [0.1, 0.15) is 11.5 Å². The Labute approximate surface area is 169 Å². The van der Waals surface area contributed by atoms with E-state index < -0.39 is 23.2 Å². The third-order valence-corrected chi connectivity index (χ3v) is 4.68. The van der Waals surface area contributed by atoms with Crippen LogP contribution < -0.4 is 11.5 Å². The lowest BCUT2D eigenvalue weighted by Crippen LogP contribution is -2.52. The predicted octanol–water partition coefficient (Wildman–Crippen LogP) is 2.64. The van der Waals surface area contributed by atoms with Gasteiger partial charge in [-0.3, -0.25) is 9.78 Å². The highest BCUT2D eigenvalue weighted by Crippen LogP contribution is 2.40. The van der Waals surface area contributed by atoms with Crippen LogP contribution in [-0.2, 0) is 10.4 Å². The van der Waals surface area contributed by atoms with E-state index in [1.54, 1.807) is 25.3 Å². The number of pyridine rings is 1. The number of aromatic nitrogens is 3. The van der Waals surface area contributed by atoms with Crippen LogP contribution in [0.1, 0.15) is 16.8 Å². The summed E-state index contributed by atoms with van der Waals surface area (Å²) in [6.45, 7) is 3.45. The second-order valence-corrected chi connectivity index (χ2v) is 6.78. The van der Waals surface area contributed by atoms with Gasteiger partial charge in [0, 0.05) is 28.6 Å². The van der Waals surface area contributed by atoms with Crippen molar-refractivity contribution in [3.63, 3.8) is 0 Å². The lowest BCUT2D eigenvalue weighted by atomic mass is 9.89. The van der Waals surface area contributed by atoms with Crippen molar-refractivity contribution in [1.82, 2.24) is 15.0 Å². The van der Waals surface area contributed by atoms with Crippen LogP contribution in [0.3, 0.4) is 0 Å². The van der Waals surface area contributed by atoms with Gasteiger partial charge in [0.15, 0.2) is 0 Å². The molecule has 0 saturated heterocycles. The Kier molecular flexibility index (Phi) is 5.21. The first-order valence-electron chi connectivity index (χ1n) is 8.71. The Hall–Kier alpha value is -3.53. The van der Waals surface area contributed by atoms with Gasteiger partial charge >= 0.3 is 6.18 Å². The molecule has 30 heavy (non-hydrogen) atoms. The summed E-state index contributed by atoms with van der Waals surface area (Å²) in [7, 11) is 0. The van der Waals surface area contributed by atoms with Crippen LogP contribution in [0, 0.1) is 13.8 Å². The van der Waals surface area contributed by atoms with Crippen LogP contribution in [0.2, 0.25) is 0 Å². The minimum absolute atomic E-state index is 0.113. The van der Waals surface area contributed by atoms with Gasteiger partial charge in [0.25, 0.3) is 11.5 Å². The van der Waals surface area contributed by atoms with Crippen LogP contribution >= 0.6 is 0 Å². The Morgan fingerprint density at radius 2 is 1.77 bits per heavy atom. The Bertz CT molecular complexity index is 1120. The highest BCUT2D eigenvalue weighted by atomic mass is 19.4. The molecule has 1 unspecified atom stereocenters. The molecule has 0 fully saturated rings. The molecule has 10 heteroatoms. The fraction of sp³-hybridized carbons (Fsp3) is 0.200. The smallest absolute Gasteiger partial charge is 0.382 e. The number of carbonyl (C=O) groups is 1. The van der Waals surface area contributed by atoms with Gasteiger partial charge in [0.05, 0.1) is 11.9 Å². The first-order valence-corrected chi connectivity index (χ1v) is 8.71. The normalized spacial score (nSPS) is 13.7. The van der Waals surface area contributed by atoms with Crippen molar-refractivity contribution in [2.75, 3.05) is 5.73 Å². The molecular formula is C20H18F3N5O2. The highest BCUT2D eigenvalue weighted by molar-refractivity contribution is 5.86. The van der Waals surface area contributed by atoms with Crippen LogP contribution in [0.25, 0.3) is 22.5 Å². The fourth-order valence-corrected chi connectivity index (χ4v) is 2.92. The second kappa shape index (κ2) is 7.38. The number of halogens is 3. The molecule has 3 rings (SSSR count). The maximum atomic E-state index is 13.4. The van der Waals surface area contributed by atoms with Crippen molar-refractivity contribution in [1.29, 1.82) is 0 Å². The molecule has 0 aliphatic carbocycles. The molecule has 2 heterocycles. The number of hydrogen-bond donors (Lipinski definition) is 3. The zero-order chi connectivity index (χ0) is 22.3. The van der Waals surface area contributed by atoms with Gasteiger partial charge in [-0.05, 0) is 37.6 Å².